The monoisotopic (exact) mass is 229 g/mol. The Labute approximate surface area is 99.9 Å². The summed E-state index contributed by atoms with van der Waals surface area (Å²) in [5.41, 5.74) is 2.11. The average Bonchev–Trinajstić information content (AvgIpc) is 3.12. The van der Waals surface area contributed by atoms with Gasteiger partial charge in [0.1, 0.15) is 6.33 Å². The summed E-state index contributed by atoms with van der Waals surface area (Å²) in [6.45, 7) is 0.0921. The lowest BCUT2D eigenvalue weighted by molar-refractivity contribution is 0.282. The lowest BCUT2D eigenvalue weighted by Crippen LogP contribution is -1.97. The van der Waals surface area contributed by atoms with Crippen molar-refractivity contribution in [3.63, 3.8) is 0 Å². The van der Waals surface area contributed by atoms with Crippen LogP contribution in [0.15, 0.2) is 30.6 Å². The van der Waals surface area contributed by atoms with Gasteiger partial charge in [-0.15, -0.1) is 0 Å². The molecule has 1 aromatic heterocycles. The SMILES string of the molecule is OCc1ccc(Cc2ncn(C3CC3)n2)cc1. The number of nitrogens with zero attached hydrogens (tertiary/aromatic N) is 3. The minimum Gasteiger partial charge on any atom is -0.392 e. The van der Waals surface area contributed by atoms with Crippen LogP contribution in [-0.2, 0) is 13.0 Å². The third kappa shape index (κ3) is 2.36. The first-order valence-corrected chi connectivity index (χ1v) is 5.94. The van der Waals surface area contributed by atoms with Gasteiger partial charge >= 0.3 is 0 Å². The van der Waals surface area contributed by atoms with Crippen molar-refractivity contribution in [1.82, 2.24) is 14.8 Å². The molecule has 0 amide bonds. The van der Waals surface area contributed by atoms with Crippen LogP contribution in [0, 0.1) is 0 Å². The summed E-state index contributed by atoms with van der Waals surface area (Å²) >= 11 is 0. The van der Waals surface area contributed by atoms with E-state index in [0.717, 1.165) is 17.8 Å². The van der Waals surface area contributed by atoms with Crippen LogP contribution < -0.4 is 0 Å². The van der Waals surface area contributed by atoms with E-state index < -0.39 is 0 Å². The smallest absolute Gasteiger partial charge is 0.154 e. The first-order chi connectivity index (χ1) is 8.35. The molecule has 3 rings (SSSR count). The number of aliphatic hydroxyl groups is 1. The third-order valence-corrected chi connectivity index (χ3v) is 3.04. The molecule has 4 nitrogen and oxygen atoms in total. The molecule has 0 saturated heterocycles. The molecule has 0 bridgehead atoms. The summed E-state index contributed by atoms with van der Waals surface area (Å²) in [6.07, 6.45) is 5.04. The summed E-state index contributed by atoms with van der Waals surface area (Å²) in [6, 6.07) is 8.50. The Morgan fingerprint density at radius 2 is 1.88 bits per heavy atom. The molecule has 1 saturated carbocycles. The van der Waals surface area contributed by atoms with Crippen LogP contribution in [0.2, 0.25) is 0 Å². The van der Waals surface area contributed by atoms with Crippen LogP contribution in [0.25, 0.3) is 0 Å². The fraction of sp³-hybridized carbons (Fsp3) is 0.385. The largest absolute Gasteiger partial charge is 0.392 e. The Balaban J connectivity index is 1.71. The maximum atomic E-state index is 8.96. The van der Waals surface area contributed by atoms with Crippen LogP contribution in [0.4, 0.5) is 0 Å². The van der Waals surface area contributed by atoms with Gasteiger partial charge in [-0.2, -0.15) is 5.10 Å². The Hall–Kier alpha value is -1.68. The number of aromatic nitrogens is 3. The van der Waals surface area contributed by atoms with E-state index in [1.807, 2.05) is 35.3 Å². The van der Waals surface area contributed by atoms with Crippen LogP contribution in [0.1, 0.15) is 35.8 Å². The molecular weight excluding hydrogens is 214 g/mol. The highest BCUT2D eigenvalue weighted by molar-refractivity contribution is 5.24. The minimum absolute atomic E-state index is 0.0921. The quantitative estimate of drug-likeness (QED) is 0.868. The van der Waals surface area contributed by atoms with Gasteiger partial charge in [-0.3, -0.25) is 0 Å². The van der Waals surface area contributed by atoms with E-state index in [4.69, 9.17) is 5.11 Å². The molecular formula is C13H15N3O. The van der Waals surface area contributed by atoms with E-state index in [1.54, 1.807) is 0 Å². The summed E-state index contributed by atoms with van der Waals surface area (Å²) < 4.78 is 1.97. The average molecular weight is 229 g/mol. The lowest BCUT2D eigenvalue weighted by atomic mass is 10.1. The number of rotatable bonds is 4. The molecule has 1 aromatic carbocycles. The van der Waals surface area contributed by atoms with Gasteiger partial charge in [-0.05, 0) is 24.0 Å². The molecule has 17 heavy (non-hydrogen) atoms. The molecule has 1 aliphatic carbocycles. The van der Waals surface area contributed by atoms with Crippen LogP contribution >= 0.6 is 0 Å². The topological polar surface area (TPSA) is 50.9 Å². The van der Waals surface area contributed by atoms with Gasteiger partial charge in [-0.1, -0.05) is 24.3 Å². The fourth-order valence-electron chi connectivity index (χ4n) is 1.85. The number of hydrogen-bond acceptors (Lipinski definition) is 3. The van der Waals surface area contributed by atoms with E-state index in [2.05, 4.69) is 10.1 Å². The van der Waals surface area contributed by atoms with Crippen molar-refractivity contribution in [2.75, 3.05) is 0 Å². The van der Waals surface area contributed by atoms with Gasteiger partial charge in [0.2, 0.25) is 0 Å². The third-order valence-electron chi connectivity index (χ3n) is 3.04. The van der Waals surface area contributed by atoms with E-state index in [1.165, 1.54) is 18.4 Å². The zero-order chi connectivity index (χ0) is 11.7. The zero-order valence-electron chi connectivity index (χ0n) is 9.58. The predicted octanol–water partition coefficient (Wildman–Crippen LogP) is 1.70. The zero-order valence-corrected chi connectivity index (χ0v) is 9.58. The molecule has 1 N–H and O–H groups in total. The highest BCUT2D eigenvalue weighted by Crippen LogP contribution is 2.33. The second kappa shape index (κ2) is 4.30. The predicted molar refractivity (Wildman–Crippen MR) is 63.5 cm³/mol. The highest BCUT2D eigenvalue weighted by Gasteiger charge is 2.24. The van der Waals surface area contributed by atoms with Gasteiger partial charge in [0.15, 0.2) is 5.82 Å². The first-order valence-electron chi connectivity index (χ1n) is 5.94. The van der Waals surface area contributed by atoms with E-state index >= 15 is 0 Å². The van der Waals surface area contributed by atoms with E-state index in [0.29, 0.717) is 6.04 Å². The molecule has 0 spiro atoms. The molecule has 0 atom stereocenters. The fourth-order valence-corrected chi connectivity index (χ4v) is 1.85. The molecule has 1 fully saturated rings. The van der Waals surface area contributed by atoms with E-state index in [9.17, 15) is 0 Å². The van der Waals surface area contributed by atoms with Crippen molar-refractivity contribution in [2.24, 2.45) is 0 Å². The van der Waals surface area contributed by atoms with Gasteiger partial charge in [-0.25, -0.2) is 9.67 Å². The Kier molecular flexibility index (Phi) is 2.65. The van der Waals surface area contributed by atoms with Crippen molar-refractivity contribution < 1.29 is 5.11 Å². The van der Waals surface area contributed by atoms with Crippen molar-refractivity contribution in [1.29, 1.82) is 0 Å². The number of hydrogen-bond donors (Lipinski definition) is 1. The van der Waals surface area contributed by atoms with E-state index in [-0.39, 0.29) is 6.61 Å². The molecule has 0 radical (unpaired) electrons. The van der Waals surface area contributed by atoms with Gasteiger partial charge < -0.3 is 5.11 Å². The van der Waals surface area contributed by atoms with Gasteiger partial charge in [0.25, 0.3) is 0 Å². The molecule has 1 aliphatic rings. The Morgan fingerprint density at radius 3 is 2.53 bits per heavy atom. The maximum Gasteiger partial charge on any atom is 0.154 e. The Bertz CT molecular complexity index is 500. The molecule has 0 aliphatic heterocycles. The molecule has 88 valence electrons. The number of aliphatic hydroxyl groups excluding tert-OH is 1. The summed E-state index contributed by atoms with van der Waals surface area (Å²) in [7, 11) is 0. The molecule has 4 heteroatoms. The Morgan fingerprint density at radius 1 is 1.18 bits per heavy atom. The lowest BCUT2D eigenvalue weighted by Gasteiger charge is -1.99. The standard InChI is InChI=1S/C13H15N3O/c17-8-11-3-1-10(2-4-11)7-13-14-9-16(15-13)12-5-6-12/h1-4,9,12,17H,5-8H2. The molecule has 2 aromatic rings. The minimum atomic E-state index is 0.0921. The molecule has 1 heterocycles. The summed E-state index contributed by atoms with van der Waals surface area (Å²) in [5, 5.41) is 13.4. The van der Waals surface area contributed by atoms with Crippen molar-refractivity contribution in [2.45, 2.75) is 31.9 Å². The summed E-state index contributed by atoms with van der Waals surface area (Å²) in [4.78, 5) is 4.32. The summed E-state index contributed by atoms with van der Waals surface area (Å²) in [5.74, 6) is 0.869. The maximum absolute atomic E-state index is 8.96. The second-order valence-corrected chi connectivity index (χ2v) is 4.52. The van der Waals surface area contributed by atoms with Crippen LogP contribution in [-0.4, -0.2) is 19.9 Å². The van der Waals surface area contributed by atoms with Crippen LogP contribution in [0.5, 0.6) is 0 Å². The van der Waals surface area contributed by atoms with Gasteiger partial charge in [0.05, 0.1) is 12.6 Å². The van der Waals surface area contributed by atoms with Crippen molar-refractivity contribution >= 4 is 0 Å². The van der Waals surface area contributed by atoms with Crippen molar-refractivity contribution in [3.8, 4) is 0 Å². The normalized spacial score (nSPS) is 15.1. The first kappa shape index (κ1) is 10.5. The highest BCUT2D eigenvalue weighted by atomic mass is 16.3. The van der Waals surface area contributed by atoms with Crippen molar-refractivity contribution in [3.05, 3.63) is 47.5 Å². The second-order valence-electron chi connectivity index (χ2n) is 4.52. The van der Waals surface area contributed by atoms with Gasteiger partial charge in [0, 0.05) is 6.42 Å². The number of benzene rings is 1. The molecule has 0 unspecified atom stereocenters. The van der Waals surface area contributed by atoms with Crippen LogP contribution in [0.3, 0.4) is 0 Å².